The maximum Gasteiger partial charge on any atom is 0.229 e. The number of hydrogen-bond donors (Lipinski definition) is 11. The van der Waals surface area contributed by atoms with E-state index in [-0.39, 0.29) is 56.0 Å². The molecule has 2 heterocycles. The maximum atomic E-state index is 14.8. The molecule has 0 unspecified atom stereocenters. The van der Waals surface area contributed by atoms with Gasteiger partial charge < -0.3 is 79.9 Å². The molecule has 2 aliphatic heterocycles. The molecular formula is C43H44O18. The van der Waals surface area contributed by atoms with Crippen molar-refractivity contribution in [3.8, 4) is 34.5 Å². The normalized spacial score (nSPS) is 30.5. The van der Waals surface area contributed by atoms with E-state index in [1.54, 1.807) is 26.0 Å². The number of carbonyl (C=O) groups excluding carboxylic acids is 2. The van der Waals surface area contributed by atoms with Crippen molar-refractivity contribution in [2.24, 2.45) is 0 Å². The number of phenolic OH excluding ortho intramolecular Hbond substituents is 3. The molecule has 11 N–H and O–H groups in total. The van der Waals surface area contributed by atoms with Gasteiger partial charge in [-0.3, -0.25) is 9.59 Å². The van der Waals surface area contributed by atoms with Crippen molar-refractivity contribution < 1.29 is 89.4 Å². The van der Waals surface area contributed by atoms with E-state index in [1.165, 1.54) is 37.4 Å². The Morgan fingerprint density at radius 1 is 0.525 bits per heavy atom. The van der Waals surface area contributed by atoms with Gasteiger partial charge >= 0.3 is 0 Å². The number of hydrogen-bond acceptors (Lipinski definition) is 18. The molecule has 2 fully saturated rings. The second-order valence-corrected chi connectivity index (χ2v) is 15.7. The lowest BCUT2D eigenvalue weighted by molar-refractivity contribution is -0.277. The van der Waals surface area contributed by atoms with Crippen molar-refractivity contribution in [3.05, 3.63) is 104 Å². The Kier molecular flexibility index (Phi) is 11.0. The molecule has 0 spiro atoms. The third-order valence-electron chi connectivity index (χ3n) is 11.8. The van der Waals surface area contributed by atoms with Gasteiger partial charge in [-0.2, -0.15) is 0 Å². The summed E-state index contributed by atoms with van der Waals surface area (Å²) in [5.41, 5.74) is 0.874. The zero-order valence-corrected chi connectivity index (χ0v) is 32.7. The molecule has 0 saturated carbocycles. The van der Waals surface area contributed by atoms with Crippen molar-refractivity contribution in [1.82, 2.24) is 0 Å². The van der Waals surface area contributed by atoms with E-state index >= 15 is 0 Å². The highest BCUT2D eigenvalue weighted by molar-refractivity contribution is 6.18. The first-order valence-electron chi connectivity index (χ1n) is 19.3. The summed E-state index contributed by atoms with van der Waals surface area (Å²) in [6, 6.07) is 11.1. The minimum atomic E-state index is -1.92. The fraction of sp³-hybridized carbons (Fsp3) is 0.395. The first kappa shape index (κ1) is 42.3. The topological polar surface area (TPSA) is 303 Å². The molecule has 4 aromatic rings. The fourth-order valence-electron chi connectivity index (χ4n) is 8.97. The molecule has 2 saturated heterocycles. The van der Waals surface area contributed by atoms with Gasteiger partial charge in [-0.1, -0.05) is 12.1 Å². The standard InChI is InChI=1S/C43H44O18/c1-14-4-18-28(20-8-16(46)9-24(32(20)36(51)30(18)22(47)6-14)58-42-40(55)38(53)34(49)26(12-44)60-42)29-19-5-15(2)7-23(48)31(19)37(52)33-21(29)10-17(57-3)11-25(33)59-43-41(56)39(54)35(50)27(13-45)61-43/h4-11,26-29,34-35,38-50,53-56H,12-13H2,1-3H3/t26-,27-,28+,29-,34-,35-,38+,39+,40-,41-,42-,43-/m1/s1. The van der Waals surface area contributed by atoms with E-state index in [2.05, 4.69) is 0 Å². The van der Waals surface area contributed by atoms with E-state index in [1.807, 2.05) is 0 Å². The predicted molar refractivity (Wildman–Crippen MR) is 206 cm³/mol. The molecule has 61 heavy (non-hydrogen) atoms. The van der Waals surface area contributed by atoms with Gasteiger partial charge in [0.05, 0.1) is 42.6 Å². The molecule has 4 aliphatic rings. The van der Waals surface area contributed by atoms with Crippen LogP contribution in [0.25, 0.3) is 0 Å². The van der Waals surface area contributed by atoms with Crippen LogP contribution in [0, 0.1) is 13.8 Å². The van der Waals surface area contributed by atoms with Gasteiger partial charge in [-0.25, -0.2) is 0 Å². The number of ketones is 2. The van der Waals surface area contributed by atoms with E-state index in [0.717, 1.165) is 6.07 Å². The largest absolute Gasteiger partial charge is 0.508 e. The van der Waals surface area contributed by atoms with Crippen molar-refractivity contribution in [3.63, 3.8) is 0 Å². The molecule has 0 amide bonds. The summed E-state index contributed by atoms with van der Waals surface area (Å²) in [4.78, 5) is 29.5. The smallest absolute Gasteiger partial charge is 0.229 e. The molecule has 8 rings (SSSR count). The summed E-state index contributed by atoms with van der Waals surface area (Å²) in [5.74, 6) is -5.76. The molecule has 324 valence electrons. The Bertz CT molecular complexity index is 2410. The Morgan fingerprint density at radius 2 is 0.934 bits per heavy atom. The zero-order valence-electron chi connectivity index (χ0n) is 32.7. The summed E-state index contributed by atoms with van der Waals surface area (Å²) in [5, 5.41) is 118. The van der Waals surface area contributed by atoms with Crippen LogP contribution in [-0.4, -0.2) is 149 Å². The van der Waals surface area contributed by atoms with E-state index in [9.17, 15) is 65.8 Å². The Balaban J connectivity index is 1.38. The first-order valence-corrected chi connectivity index (χ1v) is 19.3. The van der Waals surface area contributed by atoms with Gasteiger partial charge in [0.15, 0.2) is 0 Å². The number of methoxy groups -OCH3 is 1. The number of phenols is 3. The molecule has 18 heteroatoms. The van der Waals surface area contributed by atoms with Crippen LogP contribution >= 0.6 is 0 Å². The van der Waals surface area contributed by atoms with Crippen LogP contribution in [0.2, 0.25) is 0 Å². The highest BCUT2D eigenvalue weighted by Crippen LogP contribution is 2.57. The average molecular weight is 849 g/mol. The second kappa shape index (κ2) is 15.8. The zero-order chi connectivity index (χ0) is 43.9. The molecule has 0 bridgehead atoms. The first-order chi connectivity index (χ1) is 29.0. The monoisotopic (exact) mass is 848 g/mol. The Hall–Kier alpha value is -5.38. The van der Waals surface area contributed by atoms with Crippen LogP contribution in [0.1, 0.15) is 77.1 Å². The van der Waals surface area contributed by atoms with E-state index in [4.69, 9.17) is 23.7 Å². The van der Waals surface area contributed by atoms with Crippen LogP contribution in [-0.2, 0) is 9.47 Å². The fourth-order valence-corrected chi connectivity index (χ4v) is 8.97. The lowest BCUT2D eigenvalue weighted by Crippen LogP contribution is -2.60. The van der Waals surface area contributed by atoms with Crippen molar-refractivity contribution in [1.29, 1.82) is 0 Å². The number of fused-ring (bicyclic) bond motifs is 4. The third-order valence-corrected chi connectivity index (χ3v) is 11.8. The quantitative estimate of drug-likeness (QED) is 0.110. The van der Waals surface area contributed by atoms with Crippen LogP contribution in [0.15, 0.2) is 48.5 Å². The number of aliphatic hydroxyl groups excluding tert-OH is 8. The molecule has 12 atom stereocenters. The van der Waals surface area contributed by atoms with E-state index < -0.39 is 121 Å². The number of ether oxygens (including phenoxy) is 5. The number of benzene rings is 4. The van der Waals surface area contributed by atoms with Gasteiger partial charge in [0.25, 0.3) is 0 Å². The van der Waals surface area contributed by atoms with E-state index in [0.29, 0.717) is 11.1 Å². The molecule has 4 aromatic carbocycles. The third kappa shape index (κ3) is 6.85. The van der Waals surface area contributed by atoms with Crippen LogP contribution in [0.4, 0.5) is 0 Å². The van der Waals surface area contributed by atoms with Gasteiger partial charge in [0.1, 0.15) is 83.3 Å². The minimum Gasteiger partial charge on any atom is -0.508 e. The summed E-state index contributed by atoms with van der Waals surface area (Å²) < 4.78 is 29.0. The summed E-state index contributed by atoms with van der Waals surface area (Å²) in [6.45, 7) is 1.78. The van der Waals surface area contributed by atoms with Crippen molar-refractivity contribution >= 4 is 11.6 Å². The van der Waals surface area contributed by atoms with Gasteiger partial charge in [-0.15, -0.1) is 0 Å². The minimum absolute atomic E-state index is 0.0681. The SMILES string of the molecule is COc1cc(O[C@@H]2O[C@H](CO)[C@@H](O)[C@H](O)[C@H]2O)c2c(c1)[C@H]([C@H]1c3cc(C)cc(O)c3C(=O)c3c(O[C@@H]4O[C@H](CO)[C@@H](O)[C@H](O)[C@H]4O)cc(O)cc31)c1cc(C)cc(O)c1C2=O. The second-order valence-electron chi connectivity index (χ2n) is 15.7. The number of aliphatic hydroxyl groups is 8. The van der Waals surface area contributed by atoms with Crippen LogP contribution in [0.5, 0.6) is 34.5 Å². The summed E-state index contributed by atoms with van der Waals surface area (Å²) >= 11 is 0. The highest BCUT2D eigenvalue weighted by atomic mass is 16.7. The highest BCUT2D eigenvalue weighted by Gasteiger charge is 2.50. The van der Waals surface area contributed by atoms with Crippen molar-refractivity contribution in [2.45, 2.75) is 87.1 Å². The number of aryl methyl sites for hydroxylation is 2. The van der Waals surface area contributed by atoms with Crippen molar-refractivity contribution in [2.75, 3.05) is 20.3 Å². The van der Waals surface area contributed by atoms with Gasteiger partial charge in [-0.05, 0) is 71.5 Å². The van der Waals surface area contributed by atoms with Gasteiger partial charge in [0, 0.05) is 24.0 Å². The average Bonchev–Trinajstić information content (AvgIpc) is 3.21. The molecule has 0 aromatic heterocycles. The number of rotatable bonds is 8. The molecule has 18 nitrogen and oxygen atoms in total. The maximum absolute atomic E-state index is 14.8. The Labute approximate surface area is 346 Å². The lowest BCUT2D eigenvalue weighted by atomic mass is 9.63. The van der Waals surface area contributed by atoms with Crippen LogP contribution < -0.4 is 14.2 Å². The number of aromatic hydroxyl groups is 3. The predicted octanol–water partition coefficient (Wildman–Crippen LogP) is -0.161. The number of carbonyl (C=O) groups is 2. The van der Waals surface area contributed by atoms with Gasteiger partial charge in [0.2, 0.25) is 24.1 Å². The summed E-state index contributed by atoms with van der Waals surface area (Å²) in [7, 11) is 1.33. The molecule has 2 aliphatic carbocycles. The molecule has 0 radical (unpaired) electrons. The van der Waals surface area contributed by atoms with Crippen LogP contribution in [0.3, 0.4) is 0 Å². The molecular weight excluding hydrogens is 804 g/mol. The Morgan fingerprint density at radius 3 is 1.36 bits per heavy atom. The lowest BCUT2D eigenvalue weighted by Gasteiger charge is -2.42. The summed E-state index contributed by atoms with van der Waals surface area (Å²) in [6.07, 6.45) is -17.3.